The van der Waals surface area contributed by atoms with E-state index >= 15 is 0 Å². The maximum Gasteiger partial charge on any atom is 0.118 e. The molecule has 0 saturated heterocycles. The van der Waals surface area contributed by atoms with Crippen LogP contribution in [0.4, 0.5) is 11.4 Å². The van der Waals surface area contributed by atoms with Gasteiger partial charge in [-0.25, -0.2) is 9.98 Å². The SMILES string of the molecule is COc1ccc(C=Nc2ccc3/c(c2)=C(c2ccccc2)\N=c2/ccc(N=Cc4ccc(OC)cc4)c/c2=C(c2ccccc2)/N=3)cc1. The summed E-state index contributed by atoms with van der Waals surface area (Å²) in [5.41, 5.74) is 7.16. The first-order valence-corrected chi connectivity index (χ1v) is 15.6. The summed E-state index contributed by atoms with van der Waals surface area (Å²) >= 11 is 0. The average Bonchev–Trinajstić information content (AvgIpc) is 3.15. The van der Waals surface area contributed by atoms with Crippen molar-refractivity contribution in [1.82, 2.24) is 0 Å². The summed E-state index contributed by atoms with van der Waals surface area (Å²) in [4.78, 5) is 20.3. The molecule has 0 aliphatic carbocycles. The minimum atomic E-state index is 0.800. The van der Waals surface area contributed by atoms with Crippen molar-refractivity contribution >= 4 is 35.2 Å². The van der Waals surface area contributed by atoms with E-state index < -0.39 is 0 Å². The molecule has 1 heterocycles. The Hall–Kier alpha value is -6.40. The van der Waals surface area contributed by atoms with Crippen molar-refractivity contribution < 1.29 is 9.47 Å². The van der Waals surface area contributed by atoms with Crippen molar-refractivity contribution in [1.29, 1.82) is 0 Å². The van der Waals surface area contributed by atoms with Crippen molar-refractivity contribution in [2.75, 3.05) is 14.2 Å². The lowest BCUT2D eigenvalue weighted by molar-refractivity contribution is 0.414. The molecule has 0 atom stereocenters. The molecule has 0 aromatic heterocycles. The lowest BCUT2D eigenvalue weighted by atomic mass is 10.1. The van der Waals surface area contributed by atoms with Crippen molar-refractivity contribution in [3.8, 4) is 11.5 Å². The third kappa shape index (κ3) is 6.73. The average molecular weight is 625 g/mol. The second kappa shape index (κ2) is 13.9. The molecule has 48 heavy (non-hydrogen) atoms. The summed E-state index contributed by atoms with van der Waals surface area (Å²) in [6.45, 7) is 0. The quantitative estimate of drug-likeness (QED) is 0.182. The van der Waals surface area contributed by atoms with Gasteiger partial charge in [0, 0.05) is 34.0 Å². The van der Waals surface area contributed by atoms with Gasteiger partial charge in [-0.2, -0.15) is 0 Å². The van der Waals surface area contributed by atoms with E-state index in [0.717, 1.165) is 77.7 Å². The fourth-order valence-corrected chi connectivity index (χ4v) is 5.45. The number of aliphatic imine (C=N–C) groups is 2. The van der Waals surface area contributed by atoms with Gasteiger partial charge in [0.05, 0.1) is 47.7 Å². The molecule has 1 aliphatic heterocycles. The van der Waals surface area contributed by atoms with Crippen LogP contribution in [0.15, 0.2) is 166 Å². The Balaban J connectivity index is 1.43. The summed E-state index contributed by atoms with van der Waals surface area (Å²) in [7, 11) is 3.32. The summed E-state index contributed by atoms with van der Waals surface area (Å²) in [5.74, 6) is 1.61. The van der Waals surface area contributed by atoms with Crippen molar-refractivity contribution in [3.05, 3.63) is 189 Å². The van der Waals surface area contributed by atoms with Gasteiger partial charge >= 0.3 is 0 Å². The maximum absolute atomic E-state index is 5.35. The van der Waals surface area contributed by atoms with Crippen molar-refractivity contribution in [2.24, 2.45) is 20.0 Å². The van der Waals surface area contributed by atoms with Crippen LogP contribution in [0.2, 0.25) is 0 Å². The molecule has 0 N–H and O–H groups in total. The summed E-state index contributed by atoms with van der Waals surface area (Å²) in [6, 6.07) is 48.2. The van der Waals surface area contributed by atoms with Gasteiger partial charge in [-0.05, 0) is 96.1 Å². The Morgan fingerprint density at radius 3 is 1.23 bits per heavy atom. The Morgan fingerprint density at radius 2 is 0.854 bits per heavy atom. The van der Waals surface area contributed by atoms with E-state index in [1.54, 1.807) is 14.2 Å². The number of benzene rings is 6. The molecule has 0 bridgehead atoms. The molecular weight excluding hydrogens is 592 g/mol. The first-order valence-electron chi connectivity index (χ1n) is 15.6. The van der Waals surface area contributed by atoms with Gasteiger partial charge in [0.15, 0.2) is 0 Å². The molecule has 0 spiro atoms. The third-order valence-electron chi connectivity index (χ3n) is 7.99. The zero-order valence-corrected chi connectivity index (χ0v) is 26.6. The molecular formula is C42H32N4O2. The number of methoxy groups -OCH3 is 2. The zero-order valence-electron chi connectivity index (χ0n) is 26.6. The predicted molar refractivity (Wildman–Crippen MR) is 193 cm³/mol. The van der Waals surface area contributed by atoms with Crippen molar-refractivity contribution in [2.45, 2.75) is 0 Å². The van der Waals surface area contributed by atoms with Crippen LogP contribution >= 0.6 is 0 Å². The van der Waals surface area contributed by atoms with Gasteiger partial charge < -0.3 is 9.47 Å². The topological polar surface area (TPSA) is 67.9 Å². The van der Waals surface area contributed by atoms with E-state index in [-0.39, 0.29) is 0 Å². The summed E-state index contributed by atoms with van der Waals surface area (Å²) < 4.78 is 10.6. The number of hydrogen-bond donors (Lipinski definition) is 0. The maximum atomic E-state index is 5.35. The second-order valence-corrected chi connectivity index (χ2v) is 11.1. The molecule has 0 unspecified atom stereocenters. The first-order chi connectivity index (χ1) is 23.7. The normalized spacial score (nSPS) is 16.1. The molecule has 6 aromatic rings. The van der Waals surface area contributed by atoms with Crippen molar-refractivity contribution in [3.63, 3.8) is 0 Å². The first kappa shape index (κ1) is 30.3. The number of fused-ring (bicyclic) bond motifs is 2. The smallest absolute Gasteiger partial charge is 0.118 e. The third-order valence-corrected chi connectivity index (χ3v) is 7.99. The number of nitrogens with zero attached hydrogens (tertiary/aromatic N) is 4. The Bertz CT molecular complexity index is 2210. The van der Waals surface area contributed by atoms with E-state index in [1.807, 2.05) is 122 Å². The van der Waals surface area contributed by atoms with E-state index in [2.05, 4.69) is 36.4 Å². The van der Waals surface area contributed by atoms with Crippen LogP contribution < -0.4 is 30.6 Å². The Labute approximate surface area is 278 Å². The fourth-order valence-electron chi connectivity index (χ4n) is 5.45. The Kier molecular flexibility index (Phi) is 8.78. The van der Waals surface area contributed by atoms with Gasteiger partial charge in [0.1, 0.15) is 11.5 Å². The monoisotopic (exact) mass is 624 g/mol. The fraction of sp³-hybridized carbons (Fsp3) is 0.0476. The van der Waals surface area contributed by atoms with Crippen LogP contribution in [-0.4, -0.2) is 26.6 Å². The van der Waals surface area contributed by atoms with E-state index in [9.17, 15) is 0 Å². The highest BCUT2D eigenvalue weighted by Crippen LogP contribution is 2.18. The molecule has 7 rings (SSSR count). The highest BCUT2D eigenvalue weighted by atomic mass is 16.5. The molecule has 1 aliphatic rings. The van der Waals surface area contributed by atoms with Crippen LogP contribution in [0.3, 0.4) is 0 Å². The molecule has 232 valence electrons. The van der Waals surface area contributed by atoms with Gasteiger partial charge in [-0.15, -0.1) is 0 Å². The highest BCUT2D eigenvalue weighted by molar-refractivity contribution is 5.83. The minimum Gasteiger partial charge on any atom is -0.497 e. The molecule has 6 nitrogen and oxygen atoms in total. The summed E-state index contributed by atoms with van der Waals surface area (Å²) in [6.07, 6.45) is 3.71. The number of ether oxygens (including phenoxy) is 2. The van der Waals surface area contributed by atoms with Crippen LogP contribution in [0.1, 0.15) is 22.3 Å². The standard InChI is InChI=1S/C42H32N4O2/c1-47-35-19-13-29(14-20-35)27-43-33-17-23-39-37(25-33)41(31-9-5-3-6-10-31)46-40-24-18-34(44-28-30-15-21-36(48-2)22-16-30)26-38(40)42(45-39)32-11-7-4-8-12-32/h3-28H,1-2H3/b41-37-,42-38-,43-27?,44-28?,45-39+,45-42?,46-40+,46-41?. The zero-order chi connectivity index (χ0) is 32.7. The van der Waals surface area contributed by atoms with E-state index in [4.69, 9.17) is 29.4 Å². The lowest BCUT2D eigenvalue weighted by Gasteiger charge is -2.10. The molecule has 6 heteroatoms. The van der Waals surface area contributed by atoms with Crippen LogP contribution in [0.5, 0.6) is 11.5 Å². The second-order valence-electron chi connectivity index (χ2n) is 11.1. The van der Waals surface area contributed by atoms with Gasteiger partial charge in [-0.3, -0.25) is 9.98 Å². The highest BCUT2D eigenvalue weighted by Gasteiger charge is 2.11. The molecule has 6 aromatic carbocycles. The largest absolute Gasteiger partial charge is 0.497 e. The predicted octanol–water partition coefficient (Wildman–Crippen LogP) is 6.47. The van der Waals surface area contributed by atoms with Crippen LogP contribution in [0.25, 0.3) is 11.4 Å². The molecule has 0 radical (unpaired) electrons. The molecule has 0 fully saturated rings. The number of rotatable bonds is 8. The van der Waals surface area contributed by atoms with Gasteiger partial charge in [-0.1, -0.05) is 60.7 Å². The van der Waals surface area contributed by atoms with Crippen LogP contribution in [-0.2, 0) is 0 Å². The van der Waals surface area contributed by atoms with E-state index in [0.29, 0.717) is 0 Å². The van der Waals surface area contributed by atoms with Crippen LogP contribution in [0, 0.1) is 0 Å². The van der Waals surface area contributed by atoms with Gasteiger partial charge in [0.2, 0.25) is 0 Å². The van der Waals surface area contributed by atoms with Gasteiger partial charge in [0.25, 0.3) is 0 Å². The summed E-state index contributed by atoms with van der Waals surface area (Å²) in [5, 5.41) is 3.40. The van der Waals surface area contributed by atoms with E-state index in [1.165, 1.54) is 0 Å². The lowest BCUT2D eigenvalue weighted by Crippen LogP contribution is -2.34. The molecule has 0 amide bonds. The molecule has 0 saturated carbocycles. The number of hydrogen-bond acceptors (Lipinski definition) is 6. The minimum absolute atomic E-state index is 0.800. The Morgan fingerprint density at radius 1 is 0.458 bits per heavy atom.